The lowest BCUT2D eigenvalue weighted by atomic mass is 9.95. The predicted molar refractivity (Wildman–Crippen MR) is 210 cm³/mol. The van der Waals surface area contributed by atoms with Crippen molar-refractivity contribution in [3.8, 4) is 45.3 Å². The van der Waals surface area contributed by atoms with E-state index in [2.05, 4.69) is 89.5 Å². The Labute approximate surface area is 297 Å². The summed E-state index contributed by atoms with van der Waals surface area (Å²) >= 11 is 0. The first-order chi connectivity index (χ1) is 25.7. The zero-order valence-corrected chi connectivity index (χ0v) is 27.7. The molecule has 11 aromatic rings. The molecule has 52 heavy (non-hydrogen) atoms. The fourth-order valence-electron chi connectivity index (χ4n) is 7.53. The highest BCUT2D eigenvalue weighted by molar-refractivity contribution is 6.25. The molecule has 0 aliphatic carbocycles. The Kier molecular flexibility index (Phi) is 6.15. The zero-order valence-electron chi connectivity index (χ0n) is 27.7. The van der Waals surface area contributed by atoms with Crippen molar-refractivity contribution in [1.82, 2.24) is 24.3 Å². The molecule has 4 aromatic heterocycles. The molecule has 0 spiro atoms. The molecule has 4 heterocycles. The van der Waals surface area contributed by atoms with E-state index in [0.717, 1.165) is 77.2 Å². The average molecular weight is 666 g/mol. The monoisotopic (exact) mass is 665 g/mol. The summed E-state index contributed by atoms with van der Waals surface area (Å²) in [7, 11) is 0. The van der Waals surface area contributed by atoms with Crippen LogP contribution in [0, 0.1) is 0 Å². The lowest BCUT2D eigenvalue weighted by Gasteiger charge is -2.11. The Bertz CT molecular complexity index is 3110. The second-order valence-electron chi connectivity index (χ2n) is 13.1. The Morgan fingerprint density at radius 1 is 0.365 bits per heavy atom. The molecule has 6 nitrogen and oxygen atoms in total. The molecule has 0 fully saturated rings. The van der Waals surface area contributed by atoms with Gasteiger partial charge >= 0.3 is 0 Å². The number of fused-ring (bicyclic) bond motifs is 11. The molecule has 0 amide bonds. The van der Waals surface area contributed by atoms with Gasteiger partial charge in [-0.05, 0) is 40.1 Å². The largest absolute Gasteiger partial charge is 0.455 e. The summed E-state index contributed by atoms with van der Waals surface area (Å²) in [6, 6.07) is 54.2. The van der Waals surface area contributed by atoms with Crippen LogP contribution in [-0.4, -0.2) is 24.3 Å². The van der Waals surface area contributed by atoms with Gasteiger partial charge in [0.05, 0.1) is 17.2 Å². The Morgan fingerprint density at radius 3 is 1.62 bits per heavy atom. The third kappa shape index (κ3) is 4.44. The minimum atomic E-state index is 0.636. The Morgan fingerprint density at radius 2 is 0.923 bits per heavy atom. The van der Waals surface area contributed by atoms with Crippen molar-refractivity contribution in [3.05, 3.63) is 164 Å². The van der Waals surface area contributed by atoms with E-state index in [-0.39, 0.29) is 0 Å². The quantitative estimate of drug-likeness (QED) is 0.175. The molecule has 0 saturated heterocycles. The highest BCUT2D eigenvalue weighted by atomic mass is 16.3. The van der Waals surface area contributed by atoms with Crippen molar-refractivity contribution in [1.29, 1.82) is 0 Å². The molecule has 6 heteroatoms. The first-order valence-corrected chi connectivity index (χ1v) is 17.3. The smallest absolute Gasteiger partial charge is 0.164 e. The van der Waals surface area contributed by atoms with Crippen LogP contribution in [-0.2, 0) is 0 Å². The van der Waals surface area contributed by atoms with E-state index in [1.165, 1.54) is 10.8 Å². The number of para-hydroxylation sites is 1. The number of rotatable bonds is 4. The van der Waals surface area contributed by atoms with Gasteiger partial charge in [-0.2, -0.15) is 0 Å². The van der Waals surface area contributed by atoms with Crippen LogP contribution in [0.15, 0.2) is 168 Å². The number of nitrogens with zero attached hydrogens (tertiary/aromatic N) is 5. The molecule has 0 atom stereocenters. The number of aromatic nitrogens is 5. The molecule has 0 bridgehead atoms. The zero-order chi connectivity index (χ0) is 34.2. The number of furan rings is 1. The second kappa shape index (κ2) is 11.2. The summed E-state index contributed by atoms with van der Waals surface area (Å²) < 4.78 is 8.48. The van der Waals surface area contributed by atoms with Crippen molar-refractivity contribution in [3.63, 3.8) is 0 Å². The maximum Gasteiger partial charge on any atom is 0.164 e. The van der Waals surface area contributed by atoms with E-state index in [1.807, 2.05) is 78.9 Å². The molecule has 11 rings (SSSR count). The van der Waals surface area contributed by atoms with Crippen molar-refractivity contribution in [2.24, 2.45) is 0 Å². The average Bonchev–Trinajstić information content (AvgIpc) is 3.78. The molecule has 0 saturated carbocycles. The summed E-state index contributed by atoms with van der Waals surface area (Å²) in [5.41, 5.74) is 9.74. The number of hydrogen-bond acceptors (Lipinski definition) is 5. The second-order valence-corrected chi connectivity index (χ2v) is 13.1. The third-order valence-corrected chi connectivity index (χ3v) is 10.0. The van der Waals surface area contributed by atoms with Gasteiger partial charge in [-0.1, -0.05) is 140 Å². The van der Waals surface area contributed by atoms with E-state index in [4.69, 9.17) is 24.4 Å². The van der Waals surface area contributed by atoms with E-state index in [1.54, 1.807) is 0 Å². The standard InChI is InChI=1S/C46H27N5O/c1-3-11-29(12-4-1)44-48-45(30-13-5-2-6-14-30)50-46(49-44)31-21-19-28(20-22-31)32-23-24-36-37(25-32)33-15-7-8-17-35(33)42-43(36)51-27-40-38(26-41(51)47-42)34-16-9-10-18-39(34)52-40/h1-27H. The van der Waals surface area contributed by atoms with Crippen molar-refractivity contribution in [2.45, 2.75) is 0 Å². The van der Waals surface area contributed by atoms with Gasteiger partial charge in [0.2, 0.25) is 0 Å². The first-order valence-electron chi connectivity index (χ1n) is 17.3. The molecule has 0 unspecified atom stereocenters. The van der Waals surface area contributed by atoms with Gasteiger partial charge in [0.25, 0.3) is 0 Å². The van der Waals surface area contributed by atoms with Crippen LogP contribution in [0.4, 0.5) is 0 Å². The molecule has 0 aliphatic heterocycles. The van der Waals surface area contributed by atoms with Gasteiger partial charge in [-0.15, -0.1) is 0 Å². The number of imidazole rings is 1. The van der Waals surface area contributed by atoms with Gasteiger partial charge in [-0.25, -0.2) is 19.9 Å². The SMILES string of the molecule is c1ccc(-c2nc(-c3ccccc3)nc(-c3ccc(-c4ccc5c(c4)c4ccccc4c4nc6cc7c(cn6c54)oc4ccccc47)cc3)n2)cc1. The number of pyridine rings is 1. The van der Waals surface area contributed by atoms with Gasteiger partial charge in [0.1, 0.15) is 11.2 Å². The molecule has 0 radical (unpaired) electrons. The van der Waals surface area contributed by atoms with Crippen LogP contribution in [0.1, 0.15) is 0 Å². The van der Waals surface area contributed by atoms with Crippen LogP contribution < -0.4 is 0 Å². The summed E-state index contributed by atoms with van der Waals surface area (Å²) in [5.74, 6) is 1.93. The minimum absolute atomic E-state index is 0.636. The molecule has 0 N–H and O–H groups in total. The van der Waals surface area contributed by atoms with Crippen molar-refractivity contribution < 1.29 is 4.42 Å². The molecule has 0 aliphatic rings. The van der Waals surface area contributed by atoms with Gasteiger partial charge < -0.3 is 4.42 Å². The number of hydrogen-bond donors (Lipinski definition) is 0. The minimum Gasteiger partial charge on any atom is -0.455 e. The lowest BCUT2D eigenvalue weighted by molar-refractivity contribution is 0.666. The van der Waals surface area contributed by atoms with E-state index in [0.29, 0.717) is 17.5 Å². The molecule has 242 valence electrons. The van der Waals surface area contributed by atoms with Crippen LogP contribution in [0.3, 0.4) is 0 Å². The molecular formula is C46H27N5O. The number of benzene rings is 7. The molecule has 7 aromatic carbocycles. The van der Waals surface area contributed by atoms with E-state index < -0.39 is 0 Å². The maximum absolute atomic E-state index is 6.29. The van der Waals surface area contributed by atoms with Crippen LogP contribution in [0.25, 0.3) is 105 Å². The lowest BCUT2D eigenvalue weighted by Crippen LogP contribution is -2.00. The van der Waals surface area contributed by atoms with Crippen molar-refractivity contribution in [2.75, 3.05) is 0 Å². The van der Waals surface area contributed by atoms with Crippen LogP contribution in [0.5, 0.6) is 0 Å². The van der Waals surface area contributed by atoms with Crippen LogP contribution in [0.2, 0.25) is 0 Å². The van der Waals surface area contributed by atoms with Crippen molar-refractivity contribution >= 4 is 60.2 Å². The summed E-state index contributed by atoms with van der Waals surface area (Å²) in [5, 5.41) is 6.79. The summed E-state index contributed by atoms with van der Waals surface area (Å²) in [4.78, 5) is 19.9. The summed E-state index contributed by atoms with van der Waals surface area (Å²) in [6.45, 7) is 0. The fourth-order valence-corrected chi connectivity index (χ4v) is 7.53. The van der Waals surface area contributed by atoms with E-state index in [9.17, 15) is 0 Å². The highest BCUT2D eigenvalue weighted by Crippen LogP contribution is 2.39. The Balaban J connectivity index is 1.05. The third-order valence-electron chi connectivity index (χ3n) is 10.0. The van der Waals surface area contributed by atoms with E-state index >= 15 is 0 Å². The first kappa shape index (κ1) is 28.6. The normalized spacial score (nSPS) is 11.8. The Hall–Kier alpha value is -7.18. The van der Waals surface area contributed by atoms with Gasteiger partial charge in [-0.3, -0.25) is 4.40 Å². The van der Waals surface area contributed by atoms with Gasteiger partial charge in [0.15, 0.2) is 23.1 Å². The van der Waals surface area contributed by atoms with Gasteiger partial charge in [0, 0.05) is 38.2 Å². The molecular weight excluding hydrogens is 639 g/mol. The predicted octanol–water partition coefficient (Wildman–Crippen LogP) is 11.5. The highest BCUT2D eigenvalue weighted by Gasteiger charge is 2.18. The van der Waals surface area contributed by atoms with Crippen LogP contribution >= 0.6 is 0 Å². The fraction of sp³-hybridized carbons (Fsp3) is 0. The summed E-state index contributed by atoms with van der Waals surface area (Å²) in [6.07, 6.45) is 2.09. The maximum atomic E-state index is 6.29. The topological polar surface area (TPSA) is 69.1 Å².